The Hall–Kier alpha value is -1.55. The third-order valence-corrected chi connectivity index (χ3v) is 4.96. The van der Waals surface area contributed by atoms with Gasteiger partial charge in [-0.2, -0.15) is 0 Å². The van der Waals surface area contributed by atoms with E-state index >= 15 is 0 Å². The molecule has 2 aromatic rings. The predicted octanol–water partition coefficient (Wildman–Crippen LogP) is 0.685. The molecule has 0 spiro atoms. The molecule has 0 aliphatic carbocycles. The molecule has 0 aromatic carbocycles. The Balaban J connectivity index is 1.96. The summed E-state index contributed by atoms with van der Waals surface area (Å²) in [7, 11) is 3.50. The number of ether oxygens (including phenoxy) is 1. The molecule has 2 aromatic heterocycles. The minimum atomic E-state index is -1.17. The van der Waals surface area contributed by atoms with E-state index < -0.39 is 11.2 Å². The minimum Gasteiger partial charge on any atom is -0.382 e. The number of imidazole rings is 1. The maximum Gasteiger partial charge on any atom is 0.169 e. The minimum absolute atomic E-state index is 0.464. The van der Waals surface area contributed by atoms with E-state index in [0.717, 1.165) is 28.1 Å². The van der Waals surface area contributed by atoms with Crippen LogP contribution in [-0.2, 0) is 22.5 Å². The molecule has 0 radical (unpaired) electrons. The van der Waals surface area contributed by atoms with Gasteiger partial charge in [-0.05, 0) is 26.3 Å². The number of aryl methyl sites for hydroxylation is 3. The molecule has 3 N–H and O–H groups in total. The van der Waals surface area contributed by atoms with Gasteiger partial charge in [-0.25, -0.2) is 23.2 Å². The highest BCUT2D eigenvalue weighted by Gasteiger charge is 2.15. The van der Waals surface area contributed by atoms with Gasteiger partial charge in [0.1, 0.15) is 11.3 Å². The van der Waals surface area contributed by atoms with Gasteiger partial charge < -0.3 is 15.0 Å². The zero-order valence-corrected chi connectivity index (χ0v) is 15.7. The fraction of sp³-hybridized carbons (Fsp3) is 0.600. The highest BCUT2D eigenvalue weighted by atomic mass is 32.2. The Labute approximate surface area is 145 Å². The third-order valence-electron chi connectivity index (χ3n) is 3.85. The number of rotatable bonds is 8. The maximum atomic E-state index is 11.5. The molecule has 8 nitrogen and oxygen atoms in total. The smallest absolute Gasteiger partial charge is 0.169 e. The summed E-state index contributed by atoms with van der Waals surface area (Å²) in [4.78, 5) is 8.87. The number of nitrogens with one attached hydrogen (secondary N) is 1. The first-order valence-corrected chi connectivity index (χ1v) is 8.93. The lowest BCUT2D eigenvalue weighted by molar-refractivity contribution is 0.131. The Morgan fingerprint density at radius 3 is 2.62 bits per heavy atom. The molecule has 2 heterocycles. The monoisotopic (exact) mass is 354 g/mol. The Morgan fingerprint density at radius 2 is 1.96 bits per heavy atom. The summed E-state index contributed by atoms with van der Waals surface area (Å²) < 4.78 is 23.7. The van der Waals surface area contributed by atoms with Gasteiger partial charge in [-0.3, -0.25) is 0 Å². The molecule has 2 rings (SSSR count). The number of nitrogens with zero attached hydrogens (tertiary/aromatic N) is 4. The van der Waals surface area contributed by atoms with E-state index in [9.17, 15) is 4.21 Å². The van der Waals surface area contributed by atoms with Gasteiger partial charge in [0.25, 0.3) is 0 Å². The van der Waals surface area contributed by atoms with Gasteiger partial charge in [-0.1, -0.05) is 0 Å². The van der Waals surface area contributed by atoms with Crippen LogP contribution in [0.1, 0.15) is 17.1 Å². The molecule has 0 bridgehead atoms. The van der Waals surface area contributed by atoms with Crippen molar-refractivity contribution in [1.82, 2.24) is 23.6 Å². The SMILES string of the molecule is Cc1nc(N)c2nc(C)n(CCOCCNS(=O)N(C)C)c2c1C. The quantitative estimate of drug-likeness (QED) is 0.680. The predicted molar refractivity (Wildman–Crippen MR) is 96.8 cm³/mol. The molecule has 9 heteroatoms. The second kappa shape index (κ2) is 8.02. The average molecular weight is 354 g/mol. The van der Waals surface area contributed by atoms with E-state index in [4.69, 9.17) is 10.5 Å². The van der Waals surface area contributed by atoms with Crippen molar-refractivity contribution in [3.63, 3.8) is 0 Å². The number of fused-ring (bicyclic) bond motifs is 1. The van der Waals surface area contributed by atoms with Crippen LogP contribution < -0.4 is 10.5 Å². The molecule has 0 saturated carbocycles. The van der Waals surface area contributed by atoms with Gasteiger partial charge >= 0.3 is 0 Å². The van der Waals surface area contributed by atoms with Crippen molar-refractivity contribution in [1.29, 1.82) is 0 Å². The number of anilines is 1. The lowest BCUT2D eigenvalue weighted by atomic mass is 10.2. The van der Waals surface area contributed by atoms with Crippen LogP contribution in [0, 0.1) is 20.8 Å². The van der Waals surface area contributed by atoms with Gasteiger partial charge in [0.2, 0.25) is 0 Å². The lowest BCUT2D eigenvalue weighted by Gasteiger charge is -2.12. The first-order valence-electron chi connectivity index (χ1n) is 7.83. The van der Waals surface area contributed by atoms with Crippen LogP contribution in [0.25, 0.3) is 11.0 Å². The van der Waals surface area contributed by atoms with E-state index in [1.165, 1.54) is 0 Å². The third kappa shape index (κ3) is 4.10. The second-order valence-corrected chi connectivity index (χ2v) is 7.30. The summed E-state index contributed by atoms with van der Waals surface area (Å²) in [5.74, 6) is 1.36. The van der Waals surface area contributed by atoms with E-state index in [0.29, 0.717) is 32.1 Å². The van der Waals surface area contributed by atoms with Crippen molar-refractivity contribution in [2.75, 3.05) is 39.6 Å². The highest BCUT2D eigenvalue weighted by Crippen LogP contribution is 2.25. The van der Waals surface area contributed by atoms with E-state index in [1.54, 1.807) is 18.4 Å². The van der Waals surface area contributed by atoms with Crippen molar-refractivity contribution in [2.45, 2.75) is 27.3 Å². The number of nitrogens with two attached hydrogens (primary N) is 1. The topological polar surface area (TPSA) is 98.3 Å². The first-order chi connectivity index (χ1) is 11.3. The fourth-order valence-electron chi connectivity index (χ4n) is 2.47. The van der Waals surface area contributed by atoms with E-state index in [-0.39, 0.29) is 0 Å². The van der Waals surface area contributed by atoms with Crippen molar-refractivity contribution >= 4 is 28.0 Å². The van der Waals surface area contributed by atoms with Crippen LogP contribution in [0.15, 0.2) is 0 Å². The standard InChI is InChI=1S/C15H26N6O2S/c1-10-11(2)18-15(16)13-14(10)21(12(3)19-13)7-9-23-8-6-17-24(22)20(4)5/h17H,6-9H2,1-5H3,(H2,16,18). The lowest BCUT2D eigenvalue weighted by Crippen LogP contribution is -2.31. The summed E-state index contributed by atoms with van der Waals surface area (Å²) in [5, 5.41) is 0. The van der Waals surface area contributed by atoms with Crippen LogP contribution in [0.2, 0.25) is 0 Å². The summed E-state index contributed by atoms with van der Waals surface area (Å²) in [5.41, 5.74) is 9.77. The summed E-state index contributed by atoms with van der Waals surface area (Å²) in [6.45, 7) is 8.19. The average Bonchev–Trinajstić information content (AvgIpc) is 2.85. The maximum absolute atomic E-state index is 11.5. The normalized spacial score (nSPS) is 13.1. The summed E-state index contributed by atoms with van der Waals surface area (Å²) in [6.07, 6.45) is 0. The van der Waals surface area contributed by atoms with E-state index in [1.807, 2.05) is 20.8 Å². The van der Waals surface area contributed by atoms with Crippen LogP contribution in [0.5, 0.6) is 0 Å². The molecular weight excluding hydrogens is 328 g/mol. The van der Waals surface area contributed by atoms with Crippen molar-refractivity contribution in [2.24, 2.45) is 0 Å². The molecule has 0 saturated heterocycles. The molecule has 0 amide bonds. The zero-order valence-electron chi connectivity index (χ0n) is 14.9. The number of hydrogen-bond donors (Lipinski definition) is 2. The Morgan fingerprint density at radius 1 is 1.25 bits per heavy atom. The molecule has 24 heavy (non-hydrogen) atoms. The fourth-order valence-corrected chi connectivity index (χ4v) is 2.99. The van der Waals surface area contributed by atoms with Crippen LogP contribution in [0.4, 0.5) is 5.82 Å². The van der Waals surface area contributed by atoms with Crippen LogP contribution >= 0.6 is 0 Å². The molecule has 1 atom stereocenters. The zero-order chi connectivity index (χ0) is 17.9. The van der Waals surface area contributed by atoms with Gasteiger partial charge in [-0.15, -0.1) is 0 Å². The summed E-state index contributed by atoms with van der Waals surface area (Å²) in [6, 6.07) is 0. The molecule has 0 aliphatic rings. The largest absolute Gasteiger partial charge is 0.382 e. The molecular formula is C15H26N6O2S. The number of nitrogen functional groups attached to an aromatic ring is 1. The number of pyridine rings is 1. The van der Waals surface area contributed by atoms with Gasteiger partial charge in [0.15, 0.2) is 17.0 Å². The molecule has 1 unspecified atom stereocenters. The molecule has 0 aliphatic heterocycles. The number of aromatic nitrogens is 3. The van der Waals surface area contributed by atoms with Crippen molar-refractivity contribution < 1.29 is 8.95 Å². The Kier molecular flexibility index (Phi) is 6.27. The molecule has 0 fully saturated rings. The summed E-state index contributed by atoms with van der Waals surface area (Å²) >= 11 is -1.17. The van der Waals surface area contributed by atoms with Crippen molar-refractivity contribution in [3.05, 3.63) is 17.1 Å². The van der Waals surface area contributed by atoms with Gasteiger partial charge in [0, 0.05) is 32.9 Å². The highest BCUT2D eigenvalue weighted by molar-refractivity contribution is 7.80. The van der Waals surface area contributed by atoms with Crippen LogP contribution in [0.3, 0.4) is 0 Å². The second-order valence-electron chi connectivity index (χ2n) is 5.78. The Bertz CT molecular complexity index is 743. The molecule has 134 valence electrons. The van der Waals surface area contributed by atoms with E-state index in [2.05, 4.69) is 19.3 Å². The van der Waals surface area contributed by atoms with Gasteiger partial charge in [0.05, 0.1) is 18.7 Å². The number of hydrogen-bond acceptors (Lipinski definition) is 5. The van der Waals surface area contributed by atoms with Crippen molar-refractivity contribution in [3.8, 4) is 0 Å². The first kappa shape index (κ1) is 18.8. The van der Waals surface area contributed by atoms with Crippen LogP contribution in [-0.4, -0.2) is 56.9 Å².